The van der Waals surface area contributed by atoms with Crippen LogP contribution in [0.1, 0.15) is 107 Å². The van der Waals surface area contributed by atoms with E-state index in [-0.39, 0.29) is 17.7 Å². The summed E-state index contributed by atoms with van der Waals surface area (Å²) in [5.41, 5.74) is 8.33. The van der Waals surface area contributed by atoms with Crippen LogP contribution in [0.5, 0.6) is 0 Å². The zero-order valence-electron chi connectivity index (χ0n) is 34.5. The zero-order chi connectivity index (χ0) is 40.0. The third-order valence-corrected chi connectivity index (χ3v) is 12.1. The Labute approximate surface area is 333 Å². The molecule has 2 amide bonds. The number of amides is 2. The van der Waals surface area contributed by atoms with Crippen LogP contribution in [0.15, 0.2) is 74.4 Å². The first-order valence-corrected chi connectivity index (χ1v) is 20.7. The van der Waals surface area contributed by atoms with Gasteiger partial charge in [-0.3, -0.25) is 23.9 Å². The molecule has 7 heterocycles. The molecule has 4 aromatic heterocycles. The smallest absolute Gasteiger partial charge is 0.245 e. The summed E-state index contributed by atoms with van der Waals surface area (Å²) in [6.45, 7) is 20.9. The van der Waals surface area contributed by atoms with Crippen molar-refractivity contribution in [2.24, 2.45) is 19.5 Å². The van der Waals surface area contributed by atoms with Crippen LogP contribution >= 0.6 is 0 Å². The second kappa shape index (κ2) is 17.8. The van der Waals surface area contributed by atoms with Gasteiger partial charge in [0.25, 0.3) is 0 Å². The Hall–Kier alpha value is -5.06. The summed E-state index contributed by atoms with van der Waals surface area (Å²) in [6, 6.07) is 8.53. The largest absolute Gasteiger partial charge is 0.355 e. The molecule has 8 rings (SSSR count). The third kappa shape index (κ3) is 8.66. The predicted molar refractivity (Wildman–Crippen MR) is 224 cm³/mol. The maximum atomic E-state index is 12.0. The predicted octanol–water partition coefficient (Wildman–Crippen LogP) is 7.89. The highest BCUT2D eigenvalue weighted by molar-refractivity contribution is 5.88. The van der Waals surface area contributed by atoms with Gasteiger partial charge in [-0.1, -0.05) is 53.7 Å². The topological polar surface area (TPSA) is 105 Å². The van der Waals surface area contributed by atoms with Crippen molar-refractivity contribution in [3.8, 4) is 22.5 Å². The van der Waals surface area contributed by atoms with Crippen LogP contribution in [-0.2, 0) is 23.7 Å². The molecule has 4 aliphatic rings. The fraction of sp³-hybridized carbons (Fsp3) is 0.511. The molecule has 1 saturated carbocycles. The molecule has 56 heavy (non-hydrogen) atoms. The number of pyridine rings is 2. The minimum Gasteiger partial charge on any atom is -0.355 e. The molecular weight excluding hydrogens is 699 g/mol. The van der Waals surface area contributed by atoms with Crippen molar-refractivity contribution in [1.82, 2.24) is 39.3 Å². The van der Waals surface area contributed by atoms with Crippen molar-refractivity contribution in [3.05, 3.63) is 91.2 Å². The number of hydrogen-bond donors (Lipinski definition) is 0. The number of carbonyl (C=O) groups is 2. The maximum absolute atomic E-state index is 12.0. The van der Waals surface area contributed by atoms with Gasteiger partial charge in [-0.05, 0) is 85.6 Å². The molecule has 3 aliphatic heterocycles. The van der Waals surface area contributed by atoms with Gasteiger partial charge in [0, 0.05) is 112 Å². The van der Waals surface area contributed by atoms with Gasteiger partial charge >= 0.3 is 0 Å². The fourth-order valence-electron chi connectivity index (χ4n) is 8.78. The fourth-order valence-corrected chi connectivity index (χ4v) is 8.78. The Bertz CT molecular complexity index is 2000. The molecule has 11 heteroatoms. The molecule has 1 aliphatic carbocycles. The van der Waals surface area contributed by atoms with Gasteiger partial charge in [-0.25, -0.2) is 4.98 Å². The summed E-state index contributed by atoms with van der Waals surface area (Å²) in [6.07, 6.45) is 19.1. The summed E-state index contributed by atoms with van der Waals surface area (Å²) in [5.74, 6) is 2.08. The van der Waals surface area contributed by atoms with Gasteiger partial charge < -0.3 is 14.7 Å². The SMILES string of the molecule is C=CC(=O)N1CCC(c2cnc(C(C)CCC)cc2-c2ccn(C)n2)C1.C=CC(=O)N1CCC(c2cnc(N3CC4(CCC4)C3)cc2-c2ccn(C)n2)C1.CC. The summed E-state index contributed by atoms with van der Waals surface area (Å²) < 4.78 is 3.67. The summed E-state index contributed by atoms with van der Waals surface area (Å²) in [7, 11) is 3.88. The van der Waals surface area contributed by atoms with Gasteiger partial charge in [0.15, 0.2) is 0 Å². The first-order valence-electron chi connectivity index (χ1n) is 20.7. The van der Waals surface area contributed by atoms with E-state index in [1.165, 1.54) is 42.5 Å². The highest BCUT2D eigenvalue weighted by atomic mass is 16.2. The van der Waals surface area contributed by atoms with Gasteiger partial charge in [0.1, 0.15) is 5.82 Å². The Morgan fingerprint density at radius 3 is 1.80 bits per heavy atom. The lowest BCUT2D eigenvalue weighted by atomic mass is 9.63. The minimum atomic E-state index is 0.00744. The zero-order valence-corrected chi connectivity index (χ0v) is 34.5. The Morgan fingerprint density at radius 2 is 1.36 bits per heavy atom. The van der Waals surface area contributed by atoms with E-state index in [0.717, 1.165) is 99.0 Å². The number of aryl methyl sites for hydroxylation is 2. The van der Waals surface area contributed by atoms with Gasteiger partial charge in [-0.2, -0.15) is 10.2 Å². The molecule has 298 valence electrons. The monoisotopic (exact) mass is 759 g/mol. The second-order valence-corrected chi connectivity index (χ2v) is 15.9. The highest BCUT2D eigenvalue weighted by Gasteiger charge is 2.47. The van der Waals surface area contributed by atoms with Crippen molar-refractivity contribution in [2.75, 3.05) is 44.2 Å². The first kappa shape index (κ1) is 40.6. The lowest BCUT2D eigenvalue weighted by Crippen LogP contribution is -2.60. The van der Waals surface area contributed by atoms with E-state index in [1.807, 2.05) is 71.9 Å². The van der Waals surface area contributed by atoms with Crippen LogP contribution in [-0.4, -0.2) is 90.4 Å². The van der Waals surface area contributed by atoms with Gasteiger partial charge in [0.05, 0.1) is 11.4 Å². The average Bonchev–Trinajstić information content (AvgIpc) is 4.02. The van der Waals surface area contributed by atoms with Crippen molar-refractivity contribution in [2.45, 2.75) is 90.4 Å². The first-order chi connectivity index (χ1) is 27.1. The van der Waals surface area contributed by atoms with E-state index in [2.05, 4.69) is 66.4 Å². The molecule has 0 N–H and O–H groups in total. The number of nitrogens with zero attached hydrogens (tertiary/aromatic N) is 9. The maximum Gasteiger partial charge on any atom is 0.245 e. The Balaban J connectivity index is 0.000000183. The molecule has 0 aromatic carbocycles. The number of aromatic nitrogens is 6. The second-order valence-electron chi connectivity index (χ2n) is 15.9. The van der Waals surface area contributed by atoms with E-state index >= 15 is 0 Å². The molecule has 0 radical (unpaired) electrons. The molecule has 1 spiro atoms. The van der Waals surface area contributed by atoms with E-state index in [1.54, 1.807) is 0 Å². The molecular formula is C45H61N9O2. The molecule has 4 fully saturated rings. The van der Waals surface area contributed by atoms with E-state index in [0.29, 0.717) is 17.3 Å². The molecule has 3 saturated heterocycles. The Kier molecular flexibility index (Phi) is 12.9. The summed E-state index contributed by atoms with van der Waals surface area (Å²) in [5, 5.41) is 9.28. The number of rotatable bonds is 10. The summed E-state index contributed by atoms with van der Waals surface area (Å²) >= 11 is 0. The van der Waals surface area contributed by atoms with Crippen LogP contribution in [0.2, 0.25) is 0 Å². The number of likely N-dealkylation sites (tertiary alicyclic amines) is 2. The summed E-state index contributed by atoms with van der Waals surface area (Å²) in [4.78, 5) is 39.7. The Morgan fingerprint density at radius 1 is 0.839 bits per heavy atom. The molecule has 3 unspecified atom stereocenters. The lowest BCUT2D eigenvalue weighted by Gasteiger charge is -2.56. The van der Waals surface area contributed by atoms with E-state index in [4.69, 9.17) is 9.97 Å². The number of carbonyl (C=O) groups excluding carboxylic acids is 2. The van der Waals surface area contributed by atoms with Crippen LogP contribution in [0, 0.1) is 5.41 Å². The van der Waals surface area contributed by atoms with Gasteiger partial charge in [-0.15, -0.1) is 0 Å². The van der Waals surface area contributed by atoms with E-state index in [9.17, 15) is 9.59 Å². The van der Waals surface area contributed by atoms with Crippen molar-refractivity contribution < 1.29 is 9.59 Å². The number of hydrogen-bond acceptors (Lipinski definition) is 7. The van der Waals surface area contributed by atoms with Crippen molar-refractivity contribution >= 4 is 17.6 Å². The van der Waals surface area contributed by atoms with Crippen molar-refractivity contribution in [3.63, 3.8) is 0 Å². The van der Waals surface area contributed by atoms with Crippen LogP contribution in [0.25, 0.3) is 22.5 Å². The van der Waals surface area contributed by atoms with Crippen LogP contribution < -0.4 is 4.90 Å². The minimum absolute atomic E-state index is 0.00744. The quantitative estimate of drug-likeness (QED) is 0.152. The standard InChI is InChI=1S/C22H27N5O.C21H28N4O.C2H6/c1-3-21(28)26-10-5-16(13-26)18-12-23-20(27-14-22(15-27)7-4-8-22)11-17(18)19-6-9-25(2)24-19;1-5-7-15(3)20-12-17(19-9-10-24(4)23-19)18(13-22-20)16-8-11-25(14-16)21(26)6-2;1-2/h3,6,9,11-12,16H,1,4-5,7-8,10,13-15H2,2H3;6,9-10,12-13,15-16H,2,5,7-8,11,14H2,1,3-4H3;1-2H3. The van der Waals surface area contributed by atoms with Crippen LogP contribution in [0.3, 0.4) is 0 Å². The average molecular weight is 760 g/mol. The molecule has 4 aromatic rings. The normalized spacial score (nSPS) is 19.9. The highest BCUT2D eigenvalue weighted by Crippen LogP contribution is 2.49. The lowest BCUT2D eigenvalue weighted by molar-refractivity contribution is -0.125. The molecule has 11 nitrogen and oxygen atoms in total. The van der Waals surface area contributed by atoms with Crippen molar-refractivity contribution in [1.29, 1.82) is 0 Å². The van der Waals surface area contributed by atoms with E-state index < -0.39 is 0 Å². The molecule has 3 atom stereocenters. The number of anilines is 1. The molecule has 0 bridgehead atoms. The van der Waals surface area contributed by atoms with Crippen LogP contribution in [0.4, 0.5) is 5.82 Å². The third-order valence-electron chi connectivity index (χ3n) is 12.1. The van der Waals surface area contributed by atoms with Gasteiger partial charge in [0.2, 0.25) is 11.8 Å².